The molecule has 0 saturated heterocycles. The van der Waals surface area contributed by atoms with Crippen LogP contribution < -0.4 is 11.1 Å². The zero-order valence-corrected chi connectivity index (χ0v) is 10.5. The van der Waals surface area contributed by atoms with Gasteiger partial charge in [-0.15, -0.1) is 0 Å². The van der Waals surface area contributed by atoms with Crippen molar-refractivity contribution in [1.82, 2.24) is 10.3 Å². The smallest absolute Gasteiger partial charge is 0.251 e. The molecule has 1 aromatic rings. The first-order valence-corrected chi connectivity index (χ1v) is 6.22. The summed E-state index contributed by atoms with van der Waals surface area (Å²) in [5.74, 6) is 0.784. The van der Waals surface area contributed by atoms with E-state index in [-0.39, 0.29) is 16.9 Å². The predicted octanol–water partition coefficient (Wildman–Crippen LogP) is 2.24. The first-order chi connectivity index (χ1) is 8.10. The summed E-state index contributed by atoms with van der Waals surface area (Å²) in [5.41, 5.74) is 6.02. The van der Waals surface area contributed by atoms with E-state index in [9.17, 15) is 4.79 Å². The van der Waals surface area contributed by atoms with Gasteiger partial charge in [0, 0.05) is 11.6 Å². The molecular formula is C12H16ClN3O. The molecule has 4 nitrogen and oxygen atoms in total. The van der Waals surface area contributed by atoms with Gasteiger partial charge in [0.15, 0.2) is 0 Å². The van der Waals surface area contributed by atoms with Gasteiger partial charge in [-0.3, -0.25) is 4.79 Å². The molecule has 1 aliphatic carbocycles. The quantitative estimate of drug-likeness (QED) is 0.809. The van der Waals surface area contributed by atoms with Crippen molar-refractivity contribution in [2.75, 3.05) is 5.73 Å². The number of nitrogen functional groups attached to an aromatic ring is 1. The van der Waals surface area contributed by atoms with Gasteiger partial charge in [0.1, 0.15) is 11.0 Å². The summed E-state index contributed by atoms with van der Waals surface area (Å²) in [5, 5.41) is 3.22. The standard InChI is InChI=1S/C12H16ClN3O/c1-2-3-7-4-9(7)15-12(17)8-5-10(13)16-11(14)6-8/h5-7,9H,2-4H2,1H3,(H2,14,16)(H,15,17). The van der Waals surface area contributed by atoms with Crippen LogP contribution in [0.2, 0.25) is 5.15 Å². The highest BCUT2D eigenvalue weighted by Crippen LogP contribution is 2.34. The number of hydrogen-bond acceptors (Lipinski definition) is 3. The molecule has 0 radical (unpaired) electrons. The van der Waals surface area contributed by atoms with E-state index in [4.69, 9.17) is 17.3 Å². The lowest BCUT2D eigenvalue weighted by molar-refractivity contribution is 0.0948. The van der Waals surface area contributed by atoms with Crippen LogP contribution in [0, 0.1) is 5.92 Å². The van der Waals surface area contributed by atoms with Crippen LogP contribution in [0.25, 0.3) is 0 Å². The first kappa shape index (κ1) is 12.2. The van der Waals surface area contributed by atoms with Crippen LogP contribution >= 0.6 is 11.6 Å². The number of carbonyl (C=O) groups excluding carboxylic acids is 1. The minimum absolute atomic E-state index is 0.121. The second kappa shape index (κ2) is 4.92. The monoisotopic (exact) mass is 253 g/mol. The zero-order valence-electron chi connectivity index (χ0n) is 9.74. The van der Waals surface area contributed by atoms with Gasteiger partial charge >= 0.3 is 0 Å². The highest BCUT2D eigenvalue weighted by atomic mass is 35.5. The van der Waals surface area contributed by atoms with Crippen molar-refractivity contribution in [2.24, 2.45) is 5.92 Å². The van der Waals surface area contributed by atoms with E-state index in [1.54, 1.807) is 6.07 Å². The summed E-state index contributed by atoms with van der Waals surface area (Å²) >= 11 is 5.75. The number of hydrogen-bond donors (Lipinski definition) is 2. The minimum atomic E-state index is -0.121. The molecule has 1 amide bonds. The molecule has 1 aliphatic rings. The average molecular weight is 254 g/mol. The van der Waals surface area contributed by atoms with Crippen molar-refractivity contribution in [2.45, 2.75) is 32.2 Å². The molecule has 1 fully saturated rings. The van der Waals surface area contributed by atoms with Crippen molar-refractivity contribution in [3.8, 4) is 0 Å². The normalized spacial score (nSPS) is 22.2. The van der Waals surface area contributed by atoms with E-state index in [0.717, 1.165) is 12.8 Å². The number of pyridine rings is 1. The third-order valence-electron chi connectivity index (χ3n) is 2.97. The lowest BCUT2D eigenvalue weighted by atomic mass is 10.2. The molecule has 1 heterocycles. The average Bonchev–Trinajstić information content (AvgIpc) is 2.95. The van der Waals surface area contributed by atoms with Gasteiger partial charge in [-0.05, 0) is 30.9 Å². The van der Waals surface area contributed by atoms with Crippen LogP contribution in [0.3, 0.4) is 0 Å². The van der Waals surface area contributed by atoms with Gasteiger partial charge in [0.2, 0.25) is 0 Å². The summed E-state index contributed by atoms with van der Waals surface area (Å²) in [7, 11) is 0. The van der Waals surface area contributed by atoms with Gasteiger partial charge in [-0.2, -0.15) is 0 Å². The molecule has 5 heteroatoms. The highest BCUT2D eigenvalue weighted by molar-refractivity contribution is 6.29. The Kier molecular flexibility index (Phi) is 3.52. The zero-order chi connectivity index (χ0) is 12.4. The van der Waals surface area contributed by atoms with E-state index in [1.165, 1.54) is 12.5 Å². The topological polar surface area (TPSA) is 68.0 Å². The van der Waals surface area contributed by atoms with E-state index < -0.39 is 0 Å². The Hall–Kier alpha value is -1.29. The lowest BCUT2D eigenvalue weighted by Crippen LogP contribution is -2.27. The number of anilines is 1. The van der Waals surface area contributed by atoms with Crippen LogP contribution in [0.15, 0.2) is 12.1 Å². The number of nitrogens with zero attached hydrogens (tertiary/aromatic N) is 1. The Morgan fingerprint density at radius 1 is 1.65 bits per heavy atom. The number of amides is 1. The number of nitrogens with one attached hydrogen (secondary N) is 1. The molecule has 3 N–H and O–H groups in total. The van der Waals surface area contributed by atoms with Gasteiger partial charge in [0.05, 0.1) is 0 Å². The maximum Gasteiger partial charge on any atom is 0.251 e. The van der Waals surface area contributed by atoms with Crippen LogP contribution in [-0.2, 0) is 0 Å². The molecule has 0 aliphatic heterocycles. The second-order valence-electron chi connectivity index (χ2n) is 4.47. The second-order valence-corrected chi connectivity index (χ2v) is 4.86. The van der Waals surface area contributed by atoms with Crippen LogP contribution in [0.1, 0.15) is 36.5 Å². The van der Waals surface area contributed by atoms with Crippen LogP contribution in [-0.4, -0.2) is 16.9 Å². The summed E-state index contributed by atoms with van der Waals surface area (Å²) in [6.07, 6.45) is 3.41. The first-order valence-electron chi connectivity index (χ1n) is 5.84. The molecule has 92 valence electrons. The molecule has 2 atom stereocenters. The van der Waals surface area contributed by atoms with Gasteiger partial charge in [0.25, 0.3) is 5.91 Å². The largest absolute Gasteiger partial charge is 0.384 e. The maximum atomic E-state index is 11.9. The Morgan fingerprint density at radius 2 is 2.41 bits per heavy atom. The van der Waals surface area contributed by atoms with Crippen molar-refractivity contribution in [1.29, 1.82) is 0 Å². The van der Waals surface area contributed by atoms with E-state index in [0.29, 0.717) is 17.5 Å². The highest BCUT2D eigenvalue weighted by Gasteiger charge is 2.37. The van der Waals surface area contributed by atoms with E-state index >= 15 is 0 Å². The fourth-order valence-electron chi connectivity index (χ4n) is 2.01. The Bertz CT molecular complexity index is 416. The molecule has 0 aromatic carbocycles. The van der Waals surface area contributed by atoms with E-state index in [1.807, 2.05) is 0 Å². The molecule has 2 rings (SSSR count). The van der Waals surface area contributed by atoms with Gasteiger partial charge < -0.3 is 11.1 Å². The van der Waals surface area contributed by atoms with Crippen molar-refractivity contribution >= 4 is 23.3 Å². The van der Waals surface area contributed by atoms with Gasteiger partial charge in [-0.1, -0.05) is 24.9 Å². The number of carbonyl (C=O) groups is 1. The summed E-state index contributed by atoms with van der Waals surface area (Å²) in [6, 6.07) is 3.39. The van der Waals surface area contributed by atoms with Crippen LogP contribution in [0.5, 0.6) is 0 Å². The summed E-state index contributed by atoms with van der Waals surface area (Å²) < 4.78 is 0. The molecule has 0 bridgehead atoms. The van der Waals surface area contributed by atoms with E-state index in [2.05, 4.69) is 17.2 Å². The van der Waals surface area contributed by atoms with Crippen molar-refractivity contribution in [3.63, 3.8) is 0 Å². The predicted molar refractivity (Wildman–Crippen MR) is 67.9 cm³/mol. The fourth-order valence-corrected chi connectivity index (χ4v) is 2.23. The molecular weight excluding hydrogens is 238 g/mol. The van der Waals surface area contributed by atoms with Crippen molar-refractivity contribution in [3.05, 3.63) is 22.8 Å². The SMILES string of the molecule is CCCC1CC1NC(=O)c1cc(N)nc(Cl)c1. The number of rotatable bonds is 4. The number of nitrogens with two attached hydrogens (primary N) is 1. The maximum absolute atomic E-state index is 11.9. The third-order valence-corrected chi connectivity index (χ3v) is 3.17. The van der Waals surface area contributed by atoms with Crippen LogP contribution in [0.4, 0.5) is 5.82 Å². The molecule has 1 aromatic heterocycles. The molecule has 0 spiro atoms. The Balaban J connectivity index is 1.96. The minimum Gasteiger partial charge on any atom is -0.384 e. The lowest BCUT2D eigenvalue weighted by Gasteiger charge is -2.05. The summed E-state index contributed by atoms with van der Waals surface area (Å²) in [6.45, 7) is 2.15. The third kappa shape index (κ3) is 3.09. The Morgan fingerprint density at radius 3 is 3.06 bits per heavy atom. The number of aromatic nitrogens is 1. The Labute approximate surface area is 106 Å². The summed E-state index contributed by atoms with van der Waals surface area (Å²) in [4.78, 5) is 15.7. The molecule has 1 saturated carbocycles. The van der Waals surface area contributed by atoms with Crippen molar-refractivity contribution < 1.29 is 4.79 Å². The molecule has 2 unspecified atom stereocenters. The fraction of sp³-hybridized carbons (Fsp3) is 0.500. The van der Waals surface area contributed by atoms with Gasteiger partial charge in [-0.25, -0.2) is 4.98 Å². The number of halogens is 1. The molecule has 17 heavy (non-hydrogen) atoms.